The molecule has 0 bridgehead atoms. The molecule has 0 spiro atoms. The van der Waals surface area contributed by atoms with E-state index in [9.17, 15) is 18.0 Å². The highest BCUT2D eigenvalue weighted by molar-refractivity contribution is 5.84. The molecule has 0 unspecified atom stereocenters. The number of rotatable bonds is 5. The van der Waals surface area contributed by atoms with Gasteiger partial charge in [0, 0.05) is 13.5 Å². The Morgan fingerprint density at radius 1 is 1.12 bits per heavy atom. The summed E-state index contributed by atoms with van der Waals surface area (Å²) in [6, 6.07) is 9.64. The number of aryl methyl sites for hydroxylation is 1. The van der Waals surface area contributed by atoms with Crippen molar-refractivity contribution in [1.82, 2.24) is 24.3 Å². The van der Waals surface area contributed by atoms with Crippen LogP contribution in [0.15, 0.2) is 60.4 Å². The summed E-state index contributed by atoms with van der Waals surface area (Å²) in [5.74, 6) is 0.812. The van der Waals surface area contributed by atoms with Crippen LogP contribution >= 0.6 is 0 Å². The molecule has 0 aliphatic heterocycles. The number of benzene rings is 2. The minimum atomic E-state index is -4.65. The number of alkyl halides is 3. The minimum Gasteiger partial charge on any atom is -0.321 e. The van der Waals surface area contributed by atoms with Gasteiger partial charge in [0.05, 0.1) is 22.2 Å². The molecule has 170 valence electrons. The van der Waals surface area contributed by atoms with Crippen LogP contribution in [-0.4, -0.2) is 24.3 Å². The third kappa shape index (κ3) is 4.18. The van der Waals surface area contributed by atoms with Crippen LogP contribution in [0.1, 0.15) is 36.4 Å². The summed E-state index contributed by atoms with van der Waals surface area (Å²) in [5, 5.41) is 7.94. The molecule has 0 saturated heterocycles. The fourth-order valence-electron chi connectivity index (χ4n) is 3.82. The smallest absolute Gasteiger partial charge is 0.321 e. The van der Waals surface area contributed by atoms with Crippen molar-refractivity contribution in [2.24, 2.45) is 7.05 Å². The maximum Gasteiger partial charge on any atom is 0.418 e. The molecule has 6 nitrogen and oxygen atoms in total. The first-order valence-corrected chi connectivity index (χ1v) is 10.2. The van der Waals surface area contributed by atoms with E-state index in [1.54, 1.807) is 18.5 Å². The van der Waals surface area contributed by atoms with Crippen LogP contribution < -0.4 is 5.56 Å². The first-order valence-electron chi connectivity index (χ1n) is 10.2. The van der Waals surface area contributed by atoms with E-state index in [0.717, 1.165) is 23.8 Å². The van der Waals surface area contributed by atoms with Gasteiger partial charge >= 0.3 is 6.18 Å². The molecule has 0 saturated carbocycles. The third-order valence-corrected chi connectivity index (χ3v) is 5.74. The van der Waals surface area contributed by atoms with E-state index in [1.165, 1.54) is 16.7 Å². The number of halogens is 3. The average Bonchev–Trinajstić information content (AvgIpc) is 3.16. The standard InChI is InChI=1S/C24H22F3N5O/c1-5-15-9-18-21(19(10-15)24(25,26)27)28-13-32(22(18)33)17-8-6-7-16(11-17)23(2,3)12-20-30-29-14-31(20)4/h5-11,13-14H,1,12H2,2-4H3. The first-order chi connectivity index (χ1) is 15.5. The fraction of sp³-hybridized carbons (Fsp3) is 0.250. The van der Waals surface area contributed by atoms with Crippen LogP contribution in [0.2, 0.25) is 0 Å². The van der Waals surface area contributed by atoms with Crippen molar-refractivity contribution in [2.45, 2.75) is 31.9 Å². The largest absolute Gasteiger partial charge is 0.418 e. The van der Waals surface area contributed by atoms with Gasteiger partial charge in [0.15, 0.2) is 0 Å². The number of aromatic nitrogens is 5. The Morgan fingerprint density at radius 2 is 1.88 bits per heavy atom. The second-order valence-corrected chi connectivity index (χ2v) is 8.56. The molecule has 0 atom stereocenters. The van der Waals surface area contributed by atoms with Crippen LogP contribution in [0, 0.1) is 0 Å². The molecule has 4 aromatic rings. The highest BCUT2D eigenvalue weighted by atomic mass is 19.4. The van der Waals surface area contributed by atoms with Gasteiger partial charge in [0.25, 0.3) is 5.56 Å². The van der Waals surface area contributed by atoms with Crippen molar-refractivity contribution in [1.29, 1.82) is 0 Å². The highest BCUT2D eigenvalue weighted by Crippen LogP contribution is 2.34. The van der Waals surface area contributed by atoms with Gasteiger partial charge in [-0.3, -0.25) is 9.36 Å². The Labute approximate surface area is 188 Å². The lowest BCUT2D eigenvalue weighted by atomic mass is 9.81. The molecule has 4 rings (SSSR count). The predicted octanol–water partition coefficient (Wildman–Crippen LogP) is 4.70. The van der Waals surface area contributed by atoms with Gasteiger partial charge in [0.2, 0.25) is 0 Å². The number of hydrogen-bond acceptors (Lipinski definition) is 4. The molecular weight excluding hydrogens is 431 g/mol. The normalized spacial score (nSPS) is 12.3. The summed E-state index contributed by atoms with van der Waals surface area (Å²) < 4.78 is 43.8. The van der Waals surface area contributed by atoms with Gasteiger partial charge in [-0.25, -0.2) is 4.98 Å². The van der Waals surface area contributed by atoms with Gasteiger partial charge < -0.3 is 4.57 Å². The van der Waals surface area contributed by atoms with E-state index < -0.39 is 17.3 Å². The number of nitrogens with zero attached hydrogens (tertiary/aromatic N) is 5. The zero-order chi connectivity index (χ0) is 24.0. The molecule has 0 amide bonds. The summed E-state index contributed by atoms with van der Waals surface area (Å²) in [4.78, 5) is 17.2. The molecule has 0 aliphatic carbocycles. The Morgan fingerprint density at radius 3 is 2.52 bits per heavy atom. The summed E-state index contributed by atoms with van der Waals surface area (Å²) in [6.07, 6.45) is 0.0142. The van der Waals surface area contributed by atoms with E-state index in [2.05, 4.69) is 21.8 Å². The molecule has 0 radical (unpaired) electrons. The zero-order valence-electron chi connectivity index (χ0n) is 18.4. The molecule has 2 aromatic carbocycles. The Balaban J connectivity index is 1.83. The lowest BCUT2D eigenvalue weighted by Crippen LogP contribution is -2.24. The molecule has 2 aromatic heterocycles. The highest BCUT2D eigenvalue weighted by Gasteiger charge is 2.34. The van der Waals surface area contributed by atoms with Crippen LogP contribution in [0.3, 0.4) is 0 Å². The van der Waals surface area contributed by atoms with Crippen molar-refractivity contribution < 1.29 is 13.2 Å². The maximum atomic E-state index is 13.6. The van der Waals surface area contributed by atoms with Gasteiger partial charge in [-0.15, -0.1) is 10.2 Å². The van der Waals surface area contributed by atoms with E-state index in [1.807, 2.05) is 37.6 Å². The second-order valence-electron chi connectivity index (χ2n) is 8.56. The predicted molar refractivity (Wildman–Crippen MR) is 120 cm³/mol. The molecule has 0 fully saturated rings. The van der Waals surface area contributed by atoms with E-state index in [4.69, 9.17) is 0 Å². The second kappa shape index (κ2) is 7.99. The Bertz CT molecular complexity index is 1420. The van der Waals surface area contributed by atoms with Gasteiger partial charge in [-0.05, 0) is 40.8 Å². The third-order valence-electron chi connectivity index (χ3n) is 5.74. The van der Waals surface area contributed by atoms with Crippen molar-refractivity contribution in [3.63, 3.8) is 0 Å². The maximum absolute atomic E-state index is 13.6. The quantitative estimate of drug-likeness (QED) is 0.440. The summed E-state index contributed by atoms with van der Waals surface area (Å²) in [5.41, 5.74) is -0.626. The van der Waals surface area contributed by atoms with Gasteiger partial charge in [0.1, 0.15) is 18.5 Å². The van der Waals surface area contributed by atoms with Crippen LogP contribution in [0.5, 0.6) is 0 Å². The first kappa shape index (κ1) is 22.4. The van der Waals surface area contributed by atoms with Crippen LogP contribution in [0.4, 0.5) is 13.2 Å². The molecular formula is C24H22F3N5O. The minimum absolute atomic E-state index is 0.119. The Kier molecular flexibility index (Phi) is 5.43. The molecule has 2 heterocycles. The van der Waals surface area contributed by atoms with E-state index in [-0.39, 0.29) is 21.9 Å². The average molecular weight is 453 g/mol. The molecule has 0 aliphatic rings. The fourth-order valence-corrected chi connectivity index (χ4v) is 3.82. The van der Waals surface area contributed by atoms with Crippen molar-refractivity contribution in [3.8, 4) is 5.69 Å². The van der Waals surface area contributed by atoms with E-state index >= 15 is 0 Å². The Hall–Kier alpha value is -3.75. The molecule has 9 heteroatoms. The zero-order valence-corrected chi connectivity index (χ0v) is 18.4. The summed E-state index contributed by atoms with van der Waals surface area (Å²) >= 11 is 0. The topological polar surface area (TPSA) is 65.6 Å². The summed E-state index contributed by atoms with van der Waals surface area (Å²) in [6.45, 7) is 7.64. The van der Waals surface area contributed by atoms with Crippen LogP contribution in [-0.2, 0) is 25.1 Å². The van der Waals surface area contributed by atoms with Gasteiger partial charge in [-0.1, -0.05) is 38.6 Å². The number of fused-ring (bicyclic) bond motifs is 1. The van der Waals surface area contributed by atoms with Crippen molar-refractivity contribution in [3.05, 3.63) is 88.5 Å². The van der Waals surface area contributed by atoms with Crippen LogP contribution in [0.25, 0.3) is 22.7 Å². The molecule has 0 N–H and O–H groups in total. The monoisotopic (exact) mass is 453 g/mol. The lowest BCUT2D eigenvalue weighted by molar-refractivity contribution is -0.136. The SMILES string of the molecule is C=Cc1cc(C(F)(F)F)c2ncn(-c3cccc(C(C)(C)Cc4nncn4C)c3)c(=O)c2c1. The van der Waals surface area contributed by atoms with Gasteiger partial charge in [-0.2, -0.15) is 13.2 Å². The lowest BCUT2D eigenvalue weighted by Gasteiger charge is -2.25. The molecule has 33 heavy (non-hydrogen) atoms. The van der Waals surface area contributed by atoms with Crippen molar-refractivity contribution >= 4 is 17.0 Å². The summed E-state index contributed by atoms with van der Waals surface area (Å²) in [7, 11) is 1.87. The van der Waals surface area contributed by atoms with Crippen molar-refractivity contribution in [2.75, 3.05) is 0 Å². The van der Waals surface area contributed by atoms with E-state index in [0.29, 0.717) is 12.1 Å². The number of hydrogen-bond donors (Lipinski definition) is 0.